The van der Waals surface area contributed by atoms with Crippen LogP contribution in [-0.4, -0.2) is 11.7 Å². The number of para-hydroxylation sites is 2. The van der Waals surface area contributed by atoms with Gasteiger partial charge in [-0.25, -0.2) is 0 Å². The number of anilines is 1. The number of benzene rings is 2. The molecule has 2 rings (SSSR count). The molecule has 0 saturated heterocycles. The van der Waals surface area contributed by atoms with Crippen LogP contribution in [0.4, 0.5) is 5.69 Å². The van der Waals surface area contributed by atoms with E-state index in [1.54, 1.807) is 0 Å². The summed E-state index contributed by atoms with van der Waals surface area (Å²) in [6.45, 7) is 7.36. The molecule has 0 aliphatic rings. The molecule has 0 aromatic heterocycles. The van der Waals surface area contributed by atoms with Crippen molar-refractivity contribution in [3.8, 4) is 11.5 Å². The summed E-state index contributed by atoms with van der Waals surface area (Å²) in [6, 6.07) is 12.0. The summed E-state index contributed by atoms with van der Waals surface area (Å²) < 4.78 is 5.74. The Morgan fingerprint density at radius 2 is 1.76 bits per heavy atom. The van der Waals surface area contributed by atoms with Gasteiger partial charge in [0.1, 0.15) is 11.5 Å². The van der Waals surface area contributed by atoms with Crippen molar-refractivity contribution >= 4 is 5.69 Å². The van der Waals surface area contributed by atoms with Crippen molar-refractivity contribution in [1.29, 1.82) is 0 Å². The third kappa shape index (κ3) is 3.91. The molecule has 0 amide bonds. The number of nitrogens with one attached hydrogen (secondary N) is 1. The summed E-state index contributed by atoms with van der Waals surface area (Å²) in [5, 5.41) is 13.2. The second-order valence-corrected chi connectivity index (χ2v) is 5.28. The topological polar surface area (TPSA) is 41.5 Å². The molecule has 2 aromatic carbocycles. The van der Waals surface area contributed by atoms with Crippen LogP contribution < -0.4 is 10.1 Å². The van der Waals surface area contributed by atoms with Crippen LogP contribution in [0.15, 0.2) is 36.4 Å². The molecule has 2 aromatic rings. The maximum absolute atomic E-state index is 9.82. The highest BCUT2D eigenvalue weighted by Gasteiger charge is 2.05. The van der Waals surface area contributed by atoms with Crippen LogP contribution in [-0.2, 0) is 6.54 Å². The lowest BCUT2D eigenvalue weighted by Gasteiger charge is -2.14. The van der Waals surface area contributed by atoms with Gasteiger partial charge in [-0.05, 0) is 49.1 Å². The van der Waals surface area contributed by atoms with Crippen molar-refractivity contribution in [3.05, 3.63) is 53.1 Å². The van der Waals surface area contributed by atoms with Crippen LogP contribution in [0.25, 0.3) is 0 Å². The van der Waals surface area contributed by atoms with Crippen LogP contribution in [0, 0.1) is 13.8 Å². The van der Waals surface area contributed by atoms with Gasteiger partial charge in [0.25, 0.3) is 0 Å². The first kappa shape index (κ1) is 15.2. The van der Waals surface area contributed by atoms with Crippen LogP contribution >= 0.6 is 0 Å². The molecule has 112 valence electrons. The zero-order chi connectivity index (χ0) is 15.2. The Morgan fingerprint density at radius 1 is 1.10 bits per heavy atom. The number of hydrogen-bond donors (Lipinski definition) is 2. The van der Waals surface area contributed by atoms with E-state index < -0.39 is 0 Å². The molecule has 0 atom stereocenters. The fraction of sp³-hybridized carbons (Fsp3) is 0.333. The average Bonchev–Trinajstić information content (AvgIpc) is 2.49. The summed E-state index contributed by atoms with van der Waals surface area (Å²) in [6.07, 6.45) is 0.991. The predicted octanol–water partition coefficient (Wildman–Crippen LogP) is 4.41. The molecule has 0 saturated carbocycles. The largest absolute Gasteiger partial charge is 0.507 e. The van der Waals surface area contributed by atoms with Crippen molar-refractivity contribution in [2.24, 2.45) is 0 Å². The first-order valence-electron chi connectivity index (χ1n) is 7.36. The number of phenolic OH excluding ortho intramolecular Hbond substituents is 1. The highest BCUT2D eigenvalue weighted by atomic mass is 16.5. The Bertz CT molecular complexity index is 585. The third-order valence-corrected chi connectivity index (χ3v) is 3.38. The number of rotatable bonds is 6. The predicted molar refractivity (Wildman–Crippen MR) is 87.1 cm³/mol. The van der Waals surface area contributed by atoms with Crippen LogP contribution in [0.1, 0.15) is 30.0 Å². The molecule has 3 nitrogen and oxygen atoms in total. The lowest BCUT2D eigenvalue weighted by atomic mass is 10.1. The lowest BCUT2D eigenvalue weighted by Crippen LogP contribution is -2.04. The van der Waals surface area contributed by atoms with E-state index in [4.69, 9.17) is 4.74 Å². The number of phenols is 1. The minimum absolute atomic E-state index is 0.380. The normalized spacial score (nSPS) is 10.4. The molecular formula is C18H23NO2. The smallest absolute Gasteiger partial charge is 0.142 e. The zero-order valence-corrected chi connectivity index (χ0v) is 12.9. The second kappa shape index (κ2) is 7.02. The highest BCUT2D eigenvalue weighted by Crippen LogP contribution is 2.26. The summed E-state index contributed by atoms with van der Waals surface area (Å²) in [5.41, 5.74) is 3.95. The number of hydrogen-bond acceptors (Lipinski definition) is 3. The molecule has 3 heteroatoms. The van der Waals surface area contributed by atoms with Crippen molar-refractivity contribution in [2.45, 2.75) is 33.7 Å². The maximum Gasteiger partial charge on any atom is 0.142 e. The molecule has 0 fully saturated rings. The quantitative estimate of drug-likeness (QED) is 0.826. The first-order valence-corrected chi connectivity index (χ1v) is 7.36. The van der Waals surface area contributed by atoms with E-state index in [2.05, 4.69) is 12.2 Å². The van der Waals surface area contributed by atoms with E-state index in [-0.39, 0.29) is 0 Å². The zero-order valence-electron chi connectivity index (χ0n) is 12.9. The maximum atomic E-state index is 9.82. The summed E-state index contributed by atoms with van der Waals surface area (Å²) in [4.78, 5) is 0. The number of aryl methyl sites for hydroxylation is 2. The molecule has 0 aliphatic heterocycles. The van der Waals surface area contributed by atoms with E-state index in [9.17, 15) is 5.11 Å². The molecule has 2 N–H and O–H groups in total. The molecule has 0 aliphatic carbocycles. The SMILES string of the molecule is CCCOc1ccccc1NCc1cc(C)c(O)c(C)c1. The van der Waals surface area contributed by atoms with Crippen molar-refractivity contribution in [1.82, 2.24) is 0 Å². The highest BCUT2D eigenvalue weighted by molar-refractivity contribution is 5.56. The molecule has 0 unspecified atom stereocenters. The fourth-order valence-corrected chi connectivity index (χ4v) is 2.30. The Hall–Kier alpha value is -2.16. The van der Waals surface area contributed by atoms with Gasteiger partial charge in [0.05, 0.1) is 12.3 Å². The molecule has 0 bridgehead atoms. The van der Waals surface area contributed by atoms with Crippen LogP contribution in [0.5, 0.6) is 11.5 Å². The van der Waals surface area contributed by atoms with Crippen molar-refractivity contribution in [2.75, 3.05) is 11.9 Å². The van der Waals surface area contributed by atoms with Crippen LogP contribution in [0.2, 0.25) is 0 Å². The Morgan fingerprint density at radius 3 is 2.43 bits per heavy atom. The summed E-state index contributed by atoms with van der Waals surface area (Å²) >= 11 is 0. The van der Waals surface area contributed by atoms with Crippen molar-refractivity contribution < 1.29 is 9.84 Å². The van der Waals surface area contributed by atoms with Gasteiger partial charge in [-0.3, -0.25) is 0 Å². The summed E-state index contributed by atoms with van der Waals surface area (Å²) in [5.74, 6) is 1.26. The van der Waals surface area contributed by atoms with E-state index in [1.165, 1.54) is 0 Å². The van der Waals surface area contributed by atoms with Gasteiger partial charge in [0, 0.05) is 6.54 Å². The lowest BCUT2D eigenvalue weighted by molar-refractivity contribution is 0.319. The number of ether oxygens (including phenoxy) is 1. The van der Waals surface area contributed by atoms with Gasteiger partial charge in [-0.15, -0.1) is 0 Å². The van der Waals surface area contributed by atoms with Crippen molar-refractivity contribution in [3.63, 3.8) is 0 Å². The second-order valence-electron chi connectivity index (χ2n) is 5.28. The Kier molecular flexibility index (Phi) is 5.09. The molecule has 0 heterocycles. The molecule has 0 radical (unpaired) electrons. The summed E-state index contributed by atoms with van der Waals surface area (Å²) in [7, 11) is 0. The van der Waals surface area contributed by atoms with E-state index in [1.807, 2.05) is 50.2 Å². The standard InChI is InChI=1S/C18H23NO2/c1-4-9-21-17-8-6-5-7-16(17)19-12-15-10-13(2)18(20)14(3)11-15/h5-8,10-11,19-20H,4,9,12H2,1-3H3. The van der Waals surface area contributed by atoms with Gasteiger partial charge < -0.3 is 15.2 Å². The molecule has 21 heavy (non-hydrogen) atoms. The van der Waals surface area contributed by atoms with E-state index >= 15 is 0 Å². The van der Waals surface area contributed by atoms with Gasteiger partial charge in [-0.1, -0.05) is 31.2 Å². The van der Waals surface area contributed by atoms with Gasteiger partial charge in [-0.2, -0.15) is 0 Å². The van der Waals surface area contributed by atoms with Gasteiger partial charge >= 0.3 is 0 Å². The first-order chi connectivity index (χ1) is 10.1. The minimum Gasteiger partial charge on any atom is -0.507 e. The third-order valence-electron chi connectivity index (χ3n) is 3.38. The van der Waals surface area contributed by atoms with Crippen LogP contribution in [0.3, 0.4) is 0 Å². The van der Waals surface area contributed by atoms with Gasteiger partial charge in [0.2, 0.25) is 0 Å². The van der Waals surface area contributed by atoms with E-state index in [0.29, 0.717) is 12.3 Å². The molecule has 0 spiro atoms. The average molecular weight is 285 g/mol. The Balaban J connectivity index is 2.09. The fourth-order valence-electron chi connectivity index (χ4n) is 2.30. The monoisotopic (exact) mass is 285 g/mol. The minimum atomic E-state index is 0.380. The van der Waals surface area contributed by atoms with Gasteiger partial charge in [0.15, 0.2) is 0 Å². The Labute approximate surface area is 126 Å². The van der Waals surface area contributed by atoms with E-state index in [0.717, 1.165) is 41.2 Å². The molecular weight excluding hydrogens is 262 g/mol. The number of aromatic hydroxyl groups is 1.